The van der Waals surface area contributed by atoms with E-state index in [1.54, 1.807) is 14.2 Å². The molecule has 0 saturated carbocycles. The summed E-state index contributed by atoms with van der Waals surface area (Å²) >= 11 is 0. The first kappa shape index (κ1) is 16.6. The zero-order valence-corrected chi connectivity index (χ0v) is 14.9. The van der Waals surface area contributed by atoms with Crippen LogP contribution in [0.4, 0.5) is 0 Å². The fourth-order valence-electron chi connectivity index (χ4n) is 3.89. The number of ether oxygens (including phenoxy) is 2. The second-order valence-corrected chi connectivity index (χ2v) is 6.44. The molecule has 2 atom stereocenters. The Morgan fingerprint density at radius 3 is 2.04 bits per heavy atom. The standard InChI is InChI=1S/C21H24O3/c1-12-10-13(2)19(14(3)11-12)16-7-6-15-17(23-4)8-9-18(24-5)20(15)21(16)22/h6-11,16,21-22H,1-5H3/t16-,21+/m1/s1. The Bertz CT molecular complexity index is 782. The molecule has 0 spiro atoms. The number of hydrogen-bond donors (Lipinski definition) is 1. The van der Waals surface area contributed by atoms with Crippen molar-refractivity contribution in [2.75, 3.05) is 14.2 Å². The molecule has 0 fully saturated rings. The third-order valence-corrected chi connectivity index (χ3v) is 4.82. The average Bonchev–Trinajstić information content (AvgIpc) is 2.55. The quantitative estimate of drug-likeness (QED) is 0.905. The zero-order valence-electron chi connectivity index (χ0n) is 14.9. The van der Waals surface area contributed by atoms with Gasteiger partial charge in [-0.05, 0) is 49.6 Å². The smallest absolute Gasteiger partial charge is 0.126 e. The molecule has 126 valence electrons. The lowest BCUT2D eigenvalue weighted by Gasteiger charge is -2.30. The Balaban J connectivity index is 2.16. The molecule has 0 unspecified atom stereocenters. The van der Waals surface area contributed by atoms with Crippen LogP contribution < -0.4 is 9.47 Å². The van der Waals surface area contributed by atoms with Crippen molar-refractivity contribution < 1.29 is 14.6 Å². The summed E-state index contributed by atoms with van der Waals surface area (Å²) < 4.78 is 10.9. The van der Waals surface area contributed by atoms with Crippen LogP contribution in [0.3, 0.4) is 0 Å². The molecular weight excluding hydrogens is 300 g/mol. The fraction of sp³-hybridized carbons (Fsp3) is 0.333. The van der Waals surface area contributed by atoms with Gasteiger partial charge in [-0.3, -0.25) is 0 Å². The van der Waals surface area contributed by atoms with Gasteiger partial charge in [-0.1, -0.05) is 29.8 Å². The van der Waals surface area contributed by atoms with E-state index >= 15 is 0 Å². The van der Waals surface area contributed by atoms with Crippen molar-refractivity contribution >= 4 is 6.08 Å². The first-order valence-corrected chi connectivity index (χ1v) is 8.16. The highest BCUT2D eigenvalue weighted by molar-refractivity contribution is 5.69. The SMILES string of the molecule is COc1ccc(OC)c2c1C=C[C@H](c1c(C)cc(C)cc1C)[C@@H]2O. The van der Waals surface area contributed by atoms with Gasteiger partial charge >= 0.3 is 0 Å². The van der Waals surface area contributed by atoms with Gasteiger partial charge in [-0.2, -0.15) is 0 Å². The molecular formula is C21H24O3. The van der Waals surface area contributed by atoms with Crippen LogP contribution in [-0.4, -0.2) is 19.3 Å². The molecule has 1 N–H and O–H groups in total. The average molecular weight is 324 g/mol. The molecule has 0 bridgehead atoms. The van der Waals surface area contributed by atoms with Crippen LogP contribution in [0.15, 0.2) is 30.3 Å². The molecule has 0 amide bonds. The summed E-state index contributed by atoms with van der Waals surface area (Å²) in [5, 5.41) is 11.1. The third-order valence-electron chi connectivity index (χ3n) is 4.82. The highest BCUT2D eigenvalue weighted by Gasteiger charge is 2.32. The maximum Gasteiger partial charge on any atom is 0.126 e. The lowest BCUT2D eigenvalue weighted by molar-refractivity contribution is 0.155. The molecule has 0 heterocycles. The number of aliphatic hydroxyl groups is 1. The van der Waals surface area contributed by atoms with Crippen LogP contribution in [0.5, 0.6) is 11.5 Å². The van der Waals surface area contributed by atoms with Crippen molar-refractivity contribution in [3.05, 3.63) is 63.7 Å². The second kappa shape index (κ2) is 6.33. The van der Waals surface area contributed by atoms with Crippen molar-refractivity contribution in [2.45, 2.75) is 32.8 Å². The largest absolute Gasteiger partial charge is 0.496 e. The predicted octanol–water partition coefficient (Wildman–Crippen LogP) is 4.47. The third kappa shape index (κ3) is 2.59. The van der Waals surface area contributed by atoms with Crippen molar-refractivity contribution in [2.24, 2.45) is 0 Å². The van der Waals surface area contributed by atoms with Gasteiger partial charge < -0.3 is 14.6 Å². The highest BCUT2D eigenvalue weighted by atomic mass is 16.5. The summed E-state index contributed by atoms with van der Waals surface area (Å²) in [6.45, 7) is 6.31. The van der Waals surface area contributed by atoms with Gasteiger partial charge in [0.25, 0.3) is 0 Å². The summed E-state index contributed by atoms with van der Waals surface area (Å²) in [4.78, 5) is 0. The fourth-order valence-corrected chi connectivity index (χ4v) is 3.89. The van der Waals surface area contributed by atoms with Crippen molar-refractivity contribution in [3.8, 4) is 11.5 Å². The number of benzene rings is 2. The van der Waals surface area contributed by atoms with Crippen LogP contribution in [0.1, 0.15) is 45.4 Å². The number of aliphatic hydroxyl groups excluding tert-OH is 1. The van der Waals surface area contributed by atoms with Crippen LogP contribution in [0.2, 0.25) is 0 Å². The van der Waals surface area contributed by atoms with E-state index < -0.39 is 6.10 Å². The molecule has 24 heavy (non-hydrogen) atoms. The van der Waals surface area contributed by atoms with Gasteiger partial charge in [-0.15, -0.1) is 0 Å². The lowest BCUT2D eigenvalue weighted by Crippen LogP contribution is -2.17. The number of methoxy groups -OCH3 is 2. The molecule has 0 aromatic heterocycles. The van der Waals surface area contributed by atoms with Crippen molar-refractivity contribution in [3.63, 3.8) is 0 Å². The Morgan fingerprint density at radius 1 is 0.875 bits per heavy atom. The van der Waals surface area contributed by atoms with Crippen LogP contribution in [-0.2, 0) is 0 Å². The van der Waals surface area contributed by atoms with Crippen LogP contribution >= 0.6 is 0 Å². The van der Waals surface area contributed by atoms with Gasteiger partial charge in [0, 0.05) is 17.0 Å². The molecule has 2 aromatic carbocycles. The van der Waals surface area contributed by atoms with Crippen molar-refractivity contribution in [1.29, 1.82) is 0 Å². The van der Waals surface area contributed by atoms with Gasteiger partial charge in [0.05, 0.1) is 20.3 Å². The first-order chi connectivity index (χ1) is 11.5. The normalized spacial score (nSPS) is 19.1. The number of hydrogen-bond acceptors (Lipinski definition) is 3. The molecule has 3 heteroatoms. The minimum atomic E-state index is -0.671. The molecule has 0 saturated heterocycles. The highest BCUT2D eigenvalue weighted by Crippen LogP contribution is 2.47. The maximum atomic E-state index is 11.1. The van der Waals surface area contributed by atoms with Crippen molar-refractivity contribution in [1.82, 2.24) is 0 Å². The van der Waals surface area contributed by atoms with Crippen LogP contribution in [0.25, 0.3) is 6.08 Å². The molecule has 0 radical (unpaired) electrons. The van der Waals surface area contributed by atoms with E-state index in [9.17, 15) is 5.11 Å². The minimum Gasteiger partial charge on any atom is -0.496 e. The molecule has 2 aromatic rings. The summed E-state index contributed by atoms with van der Waals surface area (Å²) in [5.41, 5.74) is 6.51. The van der Waals surface area contributed by atoms with E-state index in [1.807, 2.05) is 18.2 Å². The Hall–Kier alpha value is -2.26. The van der Waals surface area contributed by atoms with Crippen LogP contribution in [0, 0.1) is 20.8 Å². The number of rotatable bonds is 3. The topological polar surface area (TPSA) is 38.7 Å². The Labute approximate surface area is 143 Å². The molecule has 0 aliphatic heterocycles. The first-order valence-electron chi connectivity index (χ1n) is 8.16. The number of aryl methyl sites for hydroxylation is 3. The Morgan fingerprint density at radius 2 is 1.46 bits per heavy atom. The summed E-state index contributed by atoms with van der Waals surface area (Å²) in [7, 11) is 3.27. The lowest BCUT2D eigenvalue weighted by atomic mass is 9.78. The molecule has 3 rings (SSSR count). The van der Waals surface area contributed by atoms with Gasteiger partial charge in [-0.25, -0.2) is 0 Å². The molecule has 1 aliphatic carbocycles. The maximum absolute atomic E-state index is 11.1. The van der Waals surface area contributed by atoms with Gasteiger partial charge in [0.1, 0.15) is 11.5 Å². The number of fused-ring (bicyclic) bond motifs is 1. The monoisotopic (exact) mass is 324 g/mol. The summed E-state index contributed by atoms with van der Waals surface area (Å²) in [6.07, 6.45) is 3.43. The summed E-state index contributed by atoms with van der Waals surface area (Å²) in [5.74, 6) is 1.34. The van der Waals surface area contributed by atoms with E-state index in [1.165, 1.54) is 22.3 Å². The minimum absolute atomic E-state index is 0.0980. The predicted molar refractivity (Wildman–Crippen MR) is 96.9 cm³/mol. The van der Waals surface area contributed by atoms with E-state index in [0.29, 0.717) is 5.75 Å². The van der Waals surface area contributed by atoms with E-state index in [-0.39, 0.29) is 5.92 Å². The molecule has 1 aliphatic rings. The molecule has 3 nitrogen and oxygen atoms in total. The zero-order chi connectivity index (χ0) is 17.4. The van der Waals surface area contributed by atoms with E-state index in [2.05, 4.69) is 39.0 Å². The van der Waals surface area contributed by atoms with Gasteiger partial charge in [0.2, 0.25) is 0 Å². The summed E-state index contributed by atoms with van der Waals surface area (Å²) in [6, 6.07) is 8.06. The van der Waals surface area contributed by atoms with E-state index in [0.717, 1.165) is 16.9 Å². The van der Waals surface area contributed by atoms with E-state index in [4.69, 9.17) is 9.47 Å². The Kier molecular flexibility index (Phi) is 4.37. The van der Waals surface area contributed by atoms with Gasteiger partial charge in [0.15, 0.2) is 0 Å². The second-order valence-electron chi connectivity index (χ2n) is 6.44.